The van der Waals surface area contributed by atoms with Gasteiger partial charge >= 0.3 is 0 Å². The molecule has 0 saturated heterocycles. The second-order valence-electron chi connectivity index (χ2n) is 4.21. The zero-order valence-electron chi connectivity index (χ0n) is 7.57. The molecule has 0 radical (unpaired) electrons. The molecular weight excluding hydrogens is 122 g/mol. The van der Waals surface area contributed by atoms with Crippen molar-refractivity contribution in [1.29, 1.82) is 0 Å². The van der Waals surface area contributed by atoms with Gasteiger partial charge in [0.2, 0.25) is 0 Å². The van der Waals surface area contributed by atoms with Gasteiger partial charge in [-0.15, -0.1) is 0 Å². The predicted molar refractivity (Wildman–Crippen MR) is 45.0 cm³/mol. The molecule has 0 aromatic heterocycles. The van der Waals surface area contributed by atoms with Crippen LogP contribution in [0.4, 0.5) is 0 Å². The van der Waals surface area contributed by atoms with Gasteiger partial charge < -0.3 is 5.32 Å². The van der Waals surface area contributed by atoms with Gasteiger partial charge in [0.05, 0.1) is 0 Å². The molecule has 0 amide bonds. The summed E-state index contributed by atoms with van der Waals surface area (Å²) in [4.78, 5) is 0. The lowest BCUT2D eigenvalue weighted by atomic mass is 9.60. The van der Waals surface area contributed by atoms with E-state index in [4.69, 9.17) is 0 Å². The first-order valence-corrected chi connectivity index (χ1v) is 4.25. The fraction of sp³-hybridized carbons (Fsp3) is 1.00. The van der Waals surface area contributed by atoms with Crippen LogP contribution in [-0.4, -0.2) is 13.1 Å². The van der Waals surface area contributed by atoms with Gasteiger partial charge in [-0.1, -0.05) is 13.8 Å². The van der Waals surface area contributed by atoms with Crippen LogP contribution in [0.2, 0.25) is 0 Å². The molecule has 0 aliphatic heterocycles. The maximum atomic E-state index is 3.32. The summed E-state index contributed by atoms with van der Waals surface area (Å²) in [6, 6.07) is 0.698. The van der Waals surface area contributed by atoms with Crippen LogP contribution < -0.4 is 5.32 Å². The third-order valence-electron chi connectivity index (χ3n) is 3.16. The quantitative estimate of drug-likeness (QED) is 0.620. The summed E-state index contributed by atoms with van der Waals surface area (Å²) in [6.45, 7) is 7.02. The van der Waals surface area contributed by atoms with E-state index >= 15 is 0 Å². The molecule has 1 heteroatoms. The van der Waals surface area contributed by atoms with Crippen molar-refractivity contribution >= 4 is 0 Å². The summed E-state index contributed by atoms with van der Waals surface area (Å²) in [5.74, 6) is 0.900. The summed E-state index contributed by atoms with van der Waals surface area (Å²) in [6.07, 6.45) is 2.82. The second kappa shape index (κ2) is 2.54. The van der Waals surface area contributed by atoms with E-state index in [1.165, 1.54) is 12.8 Å². The maximum absolute atomic E-state index is 3.32. The van der Waals surface area contributed by atoms with Gasteiger partial charge in [0.15, 0.2) is 0 Å². The molecule has 1 rings (SSSR count). The second-order valence-corrected chi connectivity index (χ2v) is 4.21. The summed E-state index contributed by atoms with van der Waals surface area (Å²) in [5.41, 5.74) is 0.600. The van der Waals surface area contributed by atoms with Gasteiger partial charge in [0.1, 0.15) is 0 Å². The molecular formula is C9H19N. The lowest BCUT2D eigenvalue weighted by Gasteiger charge is -2.47. The van der Waals surface area contributed by atoms with Crippen molar-refractivity contribution in [3.63, 3.8) is 0 Å². The first kappa shape index (κ1) is 8.06. The molecule has 1 fully saturated rings. The zero-order valence-corrected chi connectivity index (χ0v) is 7.57. The van der Waals surface area contributed by atoms with Crippen molar-refractivity contribution in [2.24, 2.45) is 11.3 Å². The molecule has 60 valence electrons. The van der Waals surface area contributed by atoms with Crippen LogP contribution in [0.3, 0.4) is 0 Å². The molecule has 0 bridgehead atoms. The molecule has 1 N–H and O–H groups in total. The molecule has 2 unspecified atom stereocenters. The van der Waals surface area contributed by atoms with Crippen molar-refractivity contribution in [3.8, 4) is 0 Å². The molecule has 1 saturated carbocycles. The first-order valence-electron chi connectivity index (χ1n) is 4.25. The van der Waals surface area contributed by atoms with E-state index in [9.17, 15) is 0 Å². The molecule has 0 heterocycles. The van der Waals surface area contributed by atoms with Gasteiger partial charge in [0, 0.05) is 6.04 Å². The standard InChI is InChI=1S/C9H19N/c1-7(10-4)8-5-6-9(8,2)3/h7-8,10H,5-6H2,1-4H3. The SMILES string of the molecule is CNC(C)C1CCC1(C)C. The van der Waals surface area contributed by atoms with E-state index in [2.05, 4.69) is 33.1 Å². The van der Waals surface area contributed by atoms with Crippen molar-refractivity contribution < 1.29 is 0 Å². The molecule has 1 nitrogen and oxygen atoms in total. The van der Waals surface area contributed by atoms with Gasteiger partial charge in [-0.2, -0.15) is 0 Å². The summed E-state index contributed by atoms with van der Waals surface area (Å²) < 4.78 is 0. The lowest BCUT2D eigenvalue weighted by molar-refractivity contribution is 0.0452. The Bertz CT molecular complexity index is 118. The van der Waals surface area contributed by atoms with Crippen LogP contribution in [-0.2, 0) is 0 Å². The highest BCUT2D eigenvalue weighted by Gasteiger charge is 2.40. The lowest BCUT2D eigenvalue weighted by Crippen LogP contribution is -2.46. The molecule has 0 aromatic carbocycles. The largest absolute Gasteiger partial charge is 0.317 e. The highest BCUT2D eigenvalue weighted by molar-refractivity contribution is 4.93. The Labute approximate surface area is 64.2 Å². The van der Waals surface area contributed by atoms with E-state index < -0.39 is 0 Å². The fourth-order valence-electron chi connectivity index (χ4n) is 2.02. The Balaban J connectivity index is 2.43. The zero-order chi connectivity index (χ0) is 7.78. The number of hydrogen-bond donors (Lipinski definition) is 1. The predicted octanol–water partition coefficient (Wildman–Crippen LogP) is 2.03. The third-order valence-corrected chi connectivity index (χ3v) is 3.16. The molecule has 1 aliphatic carbocycles. The smallest absolute Gasteiger partial charge is 0.00690 e. The highest BCUT2D eigenvalue weighted by Crippen LogP contribution is 2.47. The number of hydrogen-bond acceptors (Lipinski definition) is 1. The van der Waals surface area contributed by atoms with Gasteiger partial charge in [-0.25, -0.2) is 0 Å². The Morgan fingerprint density at radius 1 is 1.50 bits per heavy atom. The van der Waals surface area contributed by atoms with Crippen molar-refractivity contribution in [2.75, 3.05) is 7.05 Å². The van der Waals surface area contributed by atoms with E-state index in [1.807, 2.05) is 0 Å². The van der Waals surface area contributed by atoms with Crippen molar-refractivity contribution in [1.82, 2.24) is 5.32 Å². The average molecular weight is 141 g/mol. The Hall–Kier alpha value is -0.0400. The highest BCUT2D eigenvalue weighted by atomic mass is 14.9. The van der Waals surface area contributed by atoms with E-state index in [1.54, 1.807) is 0 Å². The molecule has 1 aliphatic rings. The van der Waals surface area contributed by atoms with Crippen LogP contribution in [0.25, 0.3) is 0 Å². The van der Waals surface area contributed by atoms with Crippen LogP contribution in [0, 0.1) is 11.3 Å². The minimum Gasteiger partial charge on any atom is -0.317 e. The average Bonchev–Trinajstić information content (AvgIpc) is 1.86. The molecule has 0 spiro atoms. The summed E-state index contributed by atoms with van der Waals surface area (Å²) in [5, 5.41) is 3.32. The van der Waals surface area contributed by atoms with Crippen molar-refractivity contribution in [2.45, 2.75) is 39.7 Å². The molecule has 0 aromatic rings. The monoisotopic (exact) mass is 141 g/mol. The fourth-order valence-corrected chi connectivity index (χ4v) is 2.02. The maximum Gasteiger partial charge on any atom is 0.00690 e. The van der Waals surface area contributed by atoms with Crippen LogP contribution >= 0.6 is 0 Å². The molecule has 10 heavy (non-hydrogen) atoms. The molecule has 2 atom stereocenters. The Morgan fingerprint density at radius 3 is 2.20 bits per heavy atom. The van der Waals surface area contributed by atoms with E-state index in [0.29, 0.717) is 11.5 Å². The Kier molecular flexibility index (Phi) is 2.04. The van der Waals surface area contributed by atoms with Crippen LogP contribution in [0.5, 0.6) is 0 Å². The van der Waals surface area contributed by atoms with Crippen molar-refractivity contribution in [3.05, 3.63) is 0 Å². The number of nitrogens with one attached hydrogen (secondary N) is 1. The first-order chi connectivity index (χ1) is 4.58. The summed E-state index contributed by atoms with van der Waals surface area (Å²) in [7, 11) is 2.05. The van der Waals surface area contributed by atoms with Crippen LogP contribution in [0.15, 0.2) is 0 Å². The third kappa shape index (κ3) is 1.20. The van der Waals surface area contributed by atoms with Gasteiger partial charge in [-0.3, -0.25) is 0 Å². The minimum absolute atomic E-state index is 0.600. The minimum atomic E-state index is 0.600. The van der Waals surface area contributed by atoms with Gasteiger partial charge in [0.25, 0.3) is 0 Å². The van der Waals surface area contributed by atoms with Gasteiger partial charge in [-0.05, 0) is 38.1 Å². The normalized spacial score (nSPS) is 33.0. The topological polar surface area (TPSA) is 12.0 Å². The van der Waals surface area contributed by atoms with Crippen LogP contribution in [0.1, 0.15) is 33.6 Å². The summed E-state index contributed by atoms with van der Waals surface area (Å²) >= 11 is 0. The Morgan fingerprint density at radius 2 is 2.10 bits per heavy atom. The van der Waals surface area contributed by atoms with E-state index in [-0.39, 0.29) is 0 Å². The van der Waals surface area contributed by atoms with E-state index in [0.717, 1.165) is 5.92 Å². The number of rotatable bonds is 2.